The highest BCUT2D eigenvalue weighted by Crippen LogP contribution is 2.15. The molecule has 1 heterocycles. The van der Waals surface area contributed by atoms with Gasteiger partial charge in [-0.15, -0.1) is 0 Å². The van der Waals surface area contributed by atoms with Crippen LogP contribution in [0.15, 0.2) is 42.7 Å². The predicted molar refractivity (Wildman–Crippen MR) is 55.5 cm³/mol. The Balaban J connectivity index is 2.45. The number of benzene rings is 1. The smallest absolute Gasteiger partial charge is 0.101 e. The second kappa shape index (κ2) is 3.57. The summed E-state index contributed by atoms with van der Waals surface area (Å²) in [7, 11) is 0. The largest absolute Gasteiger partial charge is 0.322 e. The molecule has 68 valence electrons. The summed E-state index contributed by atoms with van der Waals surface area (Å²) in [5.74, 6) is 0. The van der Waals surface area contributed by atoms with E-state index >= 15 is 0 Å². The summed E-state index contributed by atoms with van der Waals surface area (Å²) < 4.78 is 1.87. The van der Waals surface area contributed by atoms with E-state index < -0.39 is 0 Å². The van der Waals surface area contributed by atoms with E-state index in [4.69, 9.17) is 16.9 Å². The SMILES string of the molecule is N#Cc1ccn(-c2cccc(Cl)c2)c1. The second-order valence-corrected chi connectivity index (χ2v) is 3.34. The third kappa shape index (κ3) is 1.63. The number of hydrogen-bond donors (Lipinski definition) is 0. The molecule has 0 unspecified atom stereocenters. The first-order valence-electron chi connectivity index (χ1n) is 4.13. The van der Waals surface area contributed by atoms with Gasteiger partial charge in [0.15, 0.2) is 0 Å². The molecule has 3 heteroatoms. The van der Waals surface area contributed by atoms with Crippen molar-refractivity contribution in [2.75, 3.05) is 0 Å². The summed E-state index contributed by atoms with van der Waals surface area (Å²) in [4.78, 5) is 0. The number of nitriles is 1. The van der Waals surface area contributed by atoms with Gasteiger partial charge >= 0.3 is 0 Å². The van der Waals surface area contributed by atoms with E-state index in [2.05, 4.69) is 6.07 Å². The molecule has 0 radical (unpaired) electrons. The number of halogens is 1. The van der Waals surface area contributed by atoms with Gasteiger partial charge in [-0.3, -0.25) is 0 Å². The Morgan fingerprint density at radius 2 is 2.14 bits per heavy atom. The van der Waals surface area contributed by atoms with Crippen molar-refractivity contribution in [3.63, 3.8) is 0 Å². The van der Waals surface area contributed by atoms with E-state index in [0.29, 0.717) is 10.6 Å². The lowest BCUT2D eigenvalue weighted by Crippen LogP contribution is -1.88. The van der Waals surface area contributed by atoms with Crippen LogP contribution in [-0.2, 0) is 0 Å². The van der Waals surface area contributed by atoms with Gasteiger partial charge < -0.3 is 4.57 Å². The highest BCUT2D eigenvalue weighted by atomic mass is 35.5. The first-order chi connectivity index (χ1) is 6.79. The van der Waals surface area contributed by atoms with E-state index in [0.717, 1.165) is 5.69 Å². The van der Waals surface area contributed by atoms with E-state index in [9.17, 15) is 0 Å². The molecule has 0 N–H and O–H groups in total. The van der Waals surface area contributed by atoms with Crippen LogP contribution in [0.25, 0.3) is 5.69 Å². The zero-order valence-electron chi connectivity index (χ0n) is 7.31. The summed E-state index contributed by atoms with van der Waals surface area (Å²) in [6.07, 6.45) is 3.61. The number of aromatic nitrogens is 1. The molecule has 0 bridgehead atoms. The van der Waals surface area contributed by atoms with Crippen LogP contribution in [0.4, 0.5) is 0 Å². The highest BCUT2D eigenvalue weighted by molar-refractivity contribution is 6.30. The van der Waals surface area contributed by atoms with E-state index in [1.54, 1.807) is 12.3 Å². The average Bonchev–Trinajstić information content (AvgIpc) is 2.66. The standard InChI is InChI=1S/C11H7ClN2/c12-10-2-1-3-11(6-10)14-5-4-9(7-13)8-14/h1-6,8H. The maximum Gasteiger partial charge on any atom is 0.101 e. The van der Waals surface area contributed by atoms with Gasteiger partial charge in [-0.25, -0.2) is 0 Å². The minimum Gasteiger partial charge on any atom is -0.322 e. The van der Waals surface area contributed by atoms with Gasteiger partial charge in [0.1, 0.15) is 6.07 Å². The molecule has 0 spiro atoms. The lowest BCUT2D eigenvalue weighted by molar-refractivity contribution is 1.08. The zero-order chi connectivity index (χ0) is 9.97. The van der Waals surface area contributed by atoms with Gasteiger partial charge in [0.05, 0.1) is 5.56 Å². The molecule has 2 aromatic rings. The molecule has 0 aliphatic carbocycles. The topological polar surface area (TPSA) is 28.7 Å². The Morgan fingerprint density at radius 3 is 2.79 bits per heavy atom. The van der Waals surface area contributed by atoms with Crippen LogP contribution in [0, 0.1) is 11.3 Å². The third-order valence-corrected chi connectivity index (χ3v) is 2.16. The van der Waals surface area contributed by atoms with Crippen LogP contribution in [0.2, 0.25) is 5.02 Å². The Bertz CT molecular complexity index is 494. The van der Waals surface area contributed by atoms with Gasteiger partial charge in [0.25, 0.3) is 0 Å². The Labute approximate surface area is 87.0 Å². The highest BCUT2D eigenvalue weighted by Gasteiger charge is 1.98. The second-order valence-electron chi connectivity index (χ2n) is 2.90. The van der Waals surface area contributed by atoms with E-state index in [-0.39, 0.29) is 0 Å². The minimum atomic E-state index is 0.643. The van der Waals surface area contributed by atoms with Crippen LogP contribution in [-0.4, -0.2) is 4.57 Å². The van der Waals surface area contributed by atoms with Crippen molar-refractivity contribution in [3.05, 3.63) is 53.3 Å². The fourth-order valence-corrected chi connectivity index (χ4v) is 1.44. The predicted octanol–water partition coefficient (Wildman–Crippen LogP) is 3.00. The average molecular weight is 203 g/mol. The molecular weight excluding hydrogens is 196 g/mol. The van der Waals surface area contributed by atoms with Crippen LogP contribution in [0.1, 0.15) is 5.56 Å². The van der Waals surface area contributed by atoms with Gasteiger partial charge in [-0.1, -0.05) is 17.7 Å². The maximum absolute atomic E-state index is 8.66. The van der Waals surface area contributed by atoms with Crippen molar-refractivity contribution in [2.24, 2.45) is 0 Å². The first kappa shape index (κ1) is 8.86. The van der Waals surface area contributed by atoms with E-state index in [1.807, 2.05) is 35.0 Å². The van der Waals surface area contributed by atoms with Crippen molar-refractivity contribution in [3.8, 4) is 11.8 Å². The van der Waals surface area contributed by atoms with Gasteiger partial charge in [-0.05, 0) is 24.3 Å². The van der Waals surface area contributed by atoms with Crippen molar-refractivity contribution >= 4 is 11.6 Å². The molecule has 1 aromatic heterocycles. The summed E-state index contributed by atoms with van der Waals surface area (Å²) in [5, 5.41) is 9.35. The van der Waals surface area contributed by atoms with Gasteiger partial charge in [0.2, 0.25) is 0 Å². The fraction of sp³-hybridized carbons (Fsp3) is 0. The molecule has 0 amide bonds. The maximum atomic E-state index is 8.66. The molecule has 0 fully saturated rings. The van der Waals surface area contributed by atoms with Crippen LogP contribution < -0.4 is 0 Å². The summed E-state index contributed by atoms with van der Waals surface area (Å²) in [5.41, 5.74) is 1.60. The molecule has 0 aliphatic rings. The molecule has 14 heavy (non-hydrogen) atoms. The van der Waals surface area contributed by atoms with Gasteiger partial charge in [0, 0.05) is 23.1 Å². The van der Waals surface area contributed by atoms with Crippen molar-refractivity contribution in [2.45, 2.75) is 0 Å². The van der Waals surface area contributed by atoms with Crippen molar-refractivity contribution in [1.29, 1.82) is 5.26 Å². The Hall–Kier alpha value is -1.72. The van der Waals surface area contributed by atoms with Crippen LogP contribution in [0.3, 0.4) is 0 Å². The zero-order valence-corrected chi connectivity index (χ0v) is 8.07. The normalized spacial score (nSPS) is 9.71. The quantitative estimate of drug-likeness (QED) is 0.699. The molecule has 2 nitrogen and oxygen atoms in total. The fourth-order valence-electron chi connectivity index (χ4n) is 1.26. The van der Waals surface area contributed by atoms with Crippen LogP contribution >= 0.6 is 11.6 Å². The first-order valence-corrected chi connectivity index (χ1v) is 4.51. The molecular formula is C11H7ClN2. The van der Waals surface area contributed by atoms with E-state index in [1.165, 1.54) is 0 Å². The Morgan fingerprint density at radius 1 is 1.29 bits per heavy atom. The molecule has 0 saturated carbocycles. The van der Waals surface area contributed by atoms with Crippen LogP contribution in [0.5, 0.6) is 0 Å². The molecule has 0 aliphatic heterocycles. The summed E-state index contributed by atoms with van der Waals surface area (Å²) in [6.45, 7) is 0. The number of hydrogen-bond acceptors (Lipinski definition) is 1. The Kier molecular flexibility index (Phi) is 2.26. The number of rotatable bonds is 1. The molecule has 0 atom stereocenters. The van der Waals surface area contributed by atoms with Crippen molar-refractivity contribution < 1.29 is 0 Å². The lowest BCUT2D eigenvalue weighted by Gasteiger charge is -2.01. The molecule has 1 aromatic carbocycles. The summed E-state index contributed by atoms with van der Waals surface area (Å²) in [6, 6.07) is 11.3. The molecule has 0 saturated heterocycles. The molecule has 2 rings (SSSR count). The van der Waals surface area contributed by atoms with Gasteiger partial charge in [-0.2, -0.15) is 5.26 Å². The third-order valence-electron chi connectivity index (χ3n) is 1.93. The lowest BCUT2D eigenvalue weighted by atomic mass is 10.3. The minimum absolute atomic E-state index is 0.643. The monoisotopic (exact) mass is 202 g/mol. The number of nitrogens with zero attached hydrogens (tertiary/aromatic N) is 2. The van der Waals surface area contributed by atoms with Crippen molar-refractivity contribution in [1.82, 2.24) is 4.57 Å². The summed E-state index contributed by atoms with van der Waals surface area (Å²) >= 11 is 5.86.